The van der Waals surface area contributed by atoms with Gasteiger partial charge in [-0.05, 0) is 51.9 Å². The number of anilines is 3. The van der Waals surface area contributed by atoms with Crippen LogP contribution in [0.5, 0.6) is 5.75 Å². The number of benzene rings is 2. The molecule has 0 spiro atoms. The molecule has 244 valence electrons. The van der Waals surface area contributed by atoms with Crippen molar-refractivity contribution in [3.63, 3.8) is 0 Å². The fraction of sp³-hybridized carbons (Fsp3) is 0.387. The molecule has 4 atom stereocenters. The Balaban J connectivity index is 1.61. The summed E-state index contributed by atoms with van der Waals surface area (Å²) in [7, 11) is 3.03. The van der Waals surface area contributed by atoms with Crippen LogP contribution in [-0.2, 0) is 19.1 Å². The van der Waals surface area contributed by atoms with Gasteiger partial charge in [0.2, 0.25) is 17.7 Å². The van der Waals surface area contributed by atoms with Crippen molar-refractivity contribution in [3.05, 3.63) is 47.2 Å². The number of methoxy groups -OCH3 is 1. The second kappa shape index (κ2) is 15.1. The minimum absolute atomic E-state index is 0.0739. The summed E-state index contributed by atoms with van der Waals surface area (Å²) in [6.07, 6.45) is 6.69. The largest absolute Gasteiger partial charge is 0.494 e. The van der Waals surface area contributed by atoms with Gasteiger partial charge in [-0.2, -0.15) is 0 Å². The summed E-state index contributed by atoms with van der Waals surface area (Å²) >= 11 is 5.74. The summed E-state index contributed by atoms with van der Waals surface area (Å²) in [4.78, 5) is 50.1. The summed E-state index contributed by atoms with van der Waals surface area (Å²) in [5, 5.41) is 10.9. The fourth-order valence-electron chi connectivity index (χ4n) is 4.96. The van der Waals surface area contributed by atoms with Gasteiger partial charge in [0.25, 0.3) is 0 Å². The predicted octanol–water partition coefficient (Wildman–Crippen LogP) is 3.37. The summed E-state index contributed by atoms with van der Waals surface area (Å²) in [6, 6.07) is 2.71. The lowest BCUT2D eigenvalue weighted by atomic mass is 10.1. The molecule has 1 aliphatic heterocycles. The molecule has 1 aromatic heterocycles. The van der Waals surface area contributed by atoms with E-state index in [2.05, 4.69) is 37.2 Å². The zero-order valence-electron chi connectivity index (χ0n) is 25.6. The monoisotopic (exact) mass is 657 g/mol. The molecule has 2 aromatic carbocycles. The highest BCUT2D eigenvalue weighted by atomic mass is 35.5. The Kier molecular flexibility index (Phi) is 11.3. The number of halogens is 3. The van der Waals surface area contributed by atoms with Gasteiger partial charge in [0.05, 0.1) is 36.1 Å². The molecule has 0 bridgehead atoms. The number of likely N-dealkylation sites (tertiary alicyclic amines) is 1. The van der Waals surface area contributed by atoms with E-state index in [4.69, 9.17) is 27.5 Å². The first kappa shape index (κ1) is 34.3. The van der Waals surface area contributed by atoms with Crippen molar-refractivity contribution in [1.82, 2.24) is 25.5 Å². The number of amides is 3. The van der Waals surface area contributed by atoms with Crippen LogP contribution in [0.2, 0.25) is 5.02 Å². The van der Waals surface area contributed by atoms with Gasteiger partial charge in [0, 0.05) is 18.0 Å². The standard InChI is InChI=1S/C31H34ClF2N7O5/c1-6-12-46-17(3)27(40-29(42)16(2)35-4)31(44)41-11-7-8-23(41)30(43)39-22-13-18-21(14-24(22)45-5)36-15-37-28(18)38-20-10-9-19(33)25(32)26(20)34/h1,9-10,13-17,23,27,35H,7-8,11-12H2,2-5H3,(H,39,43)(H,40,42)(H,36,37,38)/t16?,17-,23?,27+/m1/s1. The van der Waals surface area contributed by atoms with Crippen molar-refractivity contribution in [2.24, 2.45) is 0 Å². The second-order valence-electron chi connectivity index (χ2n) is 10.5. The van der Waals surface area contributed by atoms with Crippen LogP contribution in [0.25, 0.3) is 10.9 Å². The van der Waals surface area contributed by atoms with E-state index in [9.17, 15) is 23.2 Å². The van der Waals surface area contributed by atoms with Gasteiger partial charge in [0.1, 0.15) is 47.4 Å². The number of fused-ring (bicyclic) bond motifs is 1. The molecule has 1 aliphatic rings. The van der Waals surface area contributed by atoms with Crippen molar-refractivity contribution in [3.8, 4) is 18.1 Å². The minimum Gasteiger partial charge on any atom is -0.494 e. The van der Waals surface area contributed by atoms with Gasteiger partial charge in [-0.25, -0.2) is 18.7 Å². The van der Waals surface area contributed by atoms with Crippen LogP contribution in [0, 0.1) is 24.0 Å². The molecule has 0 saturated carbocycles. The topological polar surface area (TPSA) is 147 Å². The Morgan fingerprint density at radius 3 is 2.65 bits per heavy atom. The van der Waals surface area contributed by atoms with Crippen LogP contribution >= 0.6 is 11.6 Å². The molecule has 46 heavy (non-hydrogen) atoms. The number of carbonyl (C=O) groups excluding carboxylic acids is 3. The summed E-state index contributed by atoms with van der Waals surface area (Å²) in [5.41, 5.74) is 0.501. The first-order valence-electron chi connectivity index (χ1n) is 14.4. The van der Waals surface area contributed by atoms with Gasteiger partial charge < -0.3 is 35.6 Å². The van der Waals surface area contributed by atoms with Gasteiger partial charge in [0.15, 0.2) is 5.82 Å². The molecule has 4 rings (SSSR count). The zero-order valence-corrected chi connectivity index (χ0v) is 26.4. The van der Waals surface area contributed by atoms with E-state index in [-0.39, 0.29) is 36.1 Å². The smallest absolute Gasteiger partial charge is 0.248 e. The number of rotatable bonds is 12. The summed E-state index contributed by atoms with van der Waals surface area (Å²) in [6.45, 7) is 3.46. The maximum absolute atomic E-state index is 14.7. The van der Waals surface area contributed by atoms with E-state index in [0.29, 0.717) is 23.7 Å². The number of hydrogen-bond acceptors (Lipinski definition) is 9. The second-order valence-corrected chi connectivity index (χ2v) is 10.9. The molecule has 3 aromatic rings. The number of ether oxygens (including phenoxy) is 2. The Hall–Kier alpha value is -4.58. The molecule has 0 aliphatic carbocycles. The van der Waals surface area contributed by atoms with E-state index < -0.39 is 58.6 Å². The van der Waals surface area contributed by atoms with E-state index in [1.807, 2.05) is 0 Å². The Labute approximate surface area is 269 Å². The predicted molar refractivity (Wildman–Crippen MR) is 169 cm³/mol. The molecule has 15 heteroatoms. The number of likely N-dealkylation sites (N-methyl/N-ethyl adjacent to an activating group) is 1. The summed E-state index contributed by atoms with van der Waals surface area (Å²) < 4.78 is 39.5. The molecule has 4 N–H and O–H groups in total. The molecule has 2 unspecified atom stereocenters. The van der Waals surface area contributed by atoms with Gasteiger partial charge in [-0.15, -0.1) is 6.42 Å². The zero-order chi connectivity index (χ0) is 33.5. The average Bonchev–Trinajstić information content (AvgIpc) is 3.56. The third-order valence-corrected chi connectivity index (χ3v) is 7.98. The first-order chi connectivity index (χ1) is 22.0. The summed E-state index contributed by atoms with van der Waals surface area (Å²) in [5.74, 6) is -0.576. The Morgan fingerprint density at radius 2 is 1.96 bits per heavy atom. The quantitative estimate of drug-likeness (QED) is 0.170. The van der Waals surface area contributed by atoms with Gasteiger partial charge in [-0.1, -0.05) is 17.5 Å². The molecule has 3 amide bonds. The Morgan fingerprint density at radius 1 is 1.20 bits per heavy atom. The van der Waals surface area contributed by atoms with Crippen LogP contribution in [0.15, 0.2) is 30.6 Å². The Bertz CT molecular complexity index is 1670. The van der Waals surface area contributed by atoms with E-state index >= 15 is 0 Å². The third kappa shape index (κ3) is 7.44. The number of terminal acetylenes is 1. The molecule has 12 nitrogen and oxygen atoms in total. The number of nitrogens with one attached hydrogen (secondary N) is 4. The molecular weight excluding hydrogens is 624 g/mol. The highest BCUT2D eigenvalue weighted by molar-refractivity contribution is 6.31. The number of hydrogen-bond donors (Lipinski definition) is 4. The molecule has 2 heterocycles. The van der Waals surface area contributed by atoms with E-state index in [1.54, 1.807) is 27.0 Å². The van der Waals surface area contributed by atoms with Gasteiger partial charge in [-0.3, -0.25) is 14.4 Å². The lowest BCUT2D eigenvalue weighted by molar-refractivity contribution is -0.143. The van der Waals surface area contributed by atoms with Crippen molar-refractivity contribution >= 4 is 57.4 Å². The van der Waals surface area contributed by atoms with Gasteiger partial charge >= 0.3 is 0 Å². The van der Waals surface area contributed by atoms with E-state index in [0.717, 1.165) is 6.07 Å². The lowest BCUT2D eigenvalue weighted by Crippen LogP contribution is -2.58. The SMILES string of the molecule is C#CCO[C@H](C)[C@H](NC(=O)C(C)NC)C(=O)N1CCCC1C(=O)Nc1cc2c(Nc3ccc(F)c(Cl)c3F)ncnc2cc1OC. The third-order valence-electron chi connectivity index (χ3n) is 7.63. The normalized spacial score (nSPS) is 16.3. The average molecular weight is 658 g/mol. The molecular formula is C31H34ClF2N7O5. The van der Waals surface area contributed by atoms with Crippen LogP contribution in [0.4, 0.5) is 26.0 Å². The van der Waals surface area contributed by atoms with Crippen LogP contribution in [0.3, 0.4) is 0 Å². The molecule has 0 radical (unpaired) electrons. The van der Waals surface area contributed by atoms with Crippen LogP contribution in [0.1, 0.15) is 26.7 Å². The molecule has 1 fully saturated rings. The maximum Gasteiger partial charge on any atom is 0.248 e. The van der Waals surface area contributed by atoms with Crippen LogP contribution < -0.4 is 26.0 Å². The maximum atomic E-state index is 14.7. The van der Waals surface area contributed by atoms with Crippen molar-refractivity contribution in [1.29, 1.82) is 0 Å². The molecule has 1 saturated heterocycles. The van der Waals surface area contributed by atoms with Crippen LogP contribution in [-0.4, -0.2) is 84.1 Å². The van der Waals surface area contributed by atoms with Crippen molar-refractivity contribution in [2.75, 3.05) is 37.9 Å². The highest BCUT2D eigenvalue weighted by Gasteiger charge is 2.40. The number of nitrogens with zero attached hydrogens (tertiary/aromatic N) is 3. The lowest BCUT2D eigenvalue weighted by Gasteiger charge is -2.32. The number of carbonyl (C=O) groups is 3. The van der Waals surface area contributed by atoms with Crippen molar-refractivity contribution in [2.45, 2.75) is 50.9 Å². The van der Waals surface area contributed by atoms with Crippen molar-refractivity contribution < 1.29 is 32.6 Å². The number of aromatic nitrogens is 2. The minimum atomic E-state index is -1.11. The fourth-order valence-corrected chi connectivity index (χ4v) is 5.13. The highest BCUT2D eigenvalue weighted by Crippen LogP contribution is 2.35. The van der Waals surface area contributed by atoms with E-state index in [1.165, 1.54) is 30.5 Å². The first-order valence-corrected chi connectivity index (χ1v) is 14.8.